The maximum atomic E-state index is 12.7. The lowest BCUT2D eigenvalue weighted by Gasteiger charge is -2.17. The van der Waals surface area contributed by atoms with Gasteiger partial charge in [-0.25, -0.2) is 4.79 Å². The van der Waals surface area contributed by atoms with Crippen LogP contribution in [0.3, 0.4) is 0 Å². The summed E-state index contributed by atoms with van der Waals surface area (Å²) in [6.45, 7) is 1.34. The summed E-state index contributed by atoms with van der Waals surface area (Å²) in [5, 5.41) is 5.49. The summed E-state index contributed by atoms with van der Waals surface area (Å²) in [4.78, 5) is 24.4. The van der Waals surface area contributed by atoms with E-state index < -0.39 is 6.09 Å². The molecule has 0 spiro atoms. The van der Waals surface area contributed by atoms with Gasteiger partial charge in [-0.15, -0.1) is 0 Å². The Morgan fingerprint density at radius 3 is 2.08 bits per heavy atom. The third kappa shape index (κ3) is 6.18. The number of carbonyl (C=O) groups is 2. The fourth-order valence-electron chi connectivity index (χ4n) is 4.59. The number of ether oxygens (including phenoxy) is 4. The van der Waals surface area contributed by atoms with Crippen LogP contribution in [0.4, 0.5) is 4.79 Å². The summed E-state index contributed by atoms with van der Waals surface area (Å²) in [5.74, 6) is 1.27. The normalized spacial score (nSPS) is 11.8. The van der Waals surface area contributed by atoms with Crippen molar-refractivity contribution in [3.05, 3.63) is 77.4 Å². The molecule has 0 heterocycles. The van der Waals surface area contributed by atoms with Crippen molar-refractivity contribution >= 4 is 12.0 Å². The molecule has 4 rings (SSSR count). The third-order valence-electron chi connectivity index (χ3n) is 6.40. The molecule has 0 aromatic heterocycles. The number of hydrogen-bond acceptors (Lipinski definition) is 7. The van der Waals surface area contributed by atoms with Crippen molar-refractivity contribution in [1.29, 1.82) is 0 Å². The zero-order chi connectivity index (χ0) is 26.9. The van der Waals surface area contributed by atoms with E-state index in [0.717, 1.165) is 11.1 Å². The molecular formula is C29H33N3O6. The fourth-order valence-corrected chi connectivity index (χ4v) is 4.59. The van der Waals surface area contributed by atoms with Crippen molar-refractivity contribution in [2.24, 2.45) is 5.73 Å². The number of carbonyl (C=O) groups excluding carboxylic acids is 2. The van der Waals surface area contributed by atoms with Crippen LogP contribution in [0.2, 0.25) is 0 Å². The van der Waals surface area contributed by atoms with Crippen LogP contribution in [-0.2, 0) is 16.1 Å². The molecule has 1 aliphatic rings. The molecule has 0 aliphatic heterocycles. The van der Waals surface area contributed by atoms with E-state index in [0.29, 0.717) is 35.9 Å². The standard InChI is InChI=1S/C29H33N3O6/c1-35-26-15-19(37-14-11-28(33)31-13-12-30)16-27(36-2)24(26)17-32-29(34)38-18-25-22-9-5-3-7-20(22)21-8-4-6-10-23(21)25/h3-10,15-16,25H,11-14,17-18,30H2,1-2H3,(H,31,33)(H,32,34). The van der Waals surface area contributed by atoms with E-state index in [9.17, 15) is 9.59 Å². The average molecular weight is 520 g/mol. The predicted molar refractivity (Wildman–Crippen MR) is 144 cm³/mol. The number of benzene rings is 3. The van der Waals surface area contributed by atoms with Gasteiger partial charge in [0, 0.05) is 31.1 Å². The van der Waals surface area contributed by atoms with Crippen molar-refractivity contribution in [3.63, 3.8) is 0 Å². The number of alkyl carbamates (subject to hydrolysis) is 1. The first-order valence-corrected chi connectivity index (χ1v) is 12.5. The van der Waals surface area contributed by atoms with Crippen molar-refractivity contribution in [1.82, 2.24) is 10.6 Å². The minimum Gasteiger partial charge on any atom is -0.496 e. The molecule has 0 bridgehead atoms. The van der Waals surface area contributed by atoms with Crippen molar-refractivity contribution in [3.8, 4) is 28.4 Å². The molecule has 3 aromatic rings. The van der Waals surface area contributed by atoms with Gasteiger partial charge < -0.3 is 35.3 Å². The lowest BCUT2D eigenvalue weighted by molar-refractivity contribution is -0.121. The third-order valence-corrected chi connectivity index (χ3v) is 6.40. The molecule has 0 fully saturated rings. The van der Waals surface area contributed by atoms with E-state index >= 15 is 0 Å². The smallest absolute Gasteiger partial charge is 0.407 e. The Morgan fingerprint density at radius 2 is 1.50 bits per heavy atom. The Bertz CT molecular complexity index is 1210. The maximum absolute atomic E-state index is 12.7. The highest BCUT2D eigenvalue weighted by Gasteiger charge is 2.29. The van der Waals surface area contributed by atoms with Crippen LogP contribution in [0, 0.1) is 0 Å². The number of methoxy groups -OCH3 is 2. The first-order valence-electron chi connectivity index (χ1n) is 12.5. The topological polar surface area (TPSA) is 121 Å². The van der Waals surface area contributed by atoms with Crippen LogP contribution in [0.5, 0.6) is 17.2 Å². The molecule has 0 saturated heterocycles. The minimum absolute atomic E-state index is 0.0222. The Balaban J connectivity index is 1.35. The second kappa shape index (κ2) is 12.8. The van der Waals surface area contributed by atoms with Crippen LogP contribution in [0.1, 0.15) is 29.0 Å². The lowest BCUT2D eigenvalue weighted by atomic mass is 9.98. The number of rotatable bonds is 12. The number of nitrogens with one attached hydrogen (secondary N) is 2. The summed E-state index contributed by atoms with van der Waals surface area (Å²) in [7, 11) is 3.05. The van der Waals surface area contributed by atoms with E-state index in [1.54, 1.807) is 12.1 Å². The molecule has 9 heteroatoms. The van der Waals surface area contributed by atoms with Crippen LogP contribution < -0.4 is 30.6 Å². The number of amides is 2. The quantitative estimate of drug-likeness (QED) is 0.334. The summed E-state index contributed by atoms with van der Waals surface area (Å²) >= 11 is 0. The molecule has 38 heavy (non-hydrogen) atoms. The van der Waals surface area contributed by atoms with Gasteiger partial charge >= 0.3 is 6.09 Å². The fraction of sp³-hybridized carbons (Fsp3) is 0.310. The largest absolute Gasteiger partial charge is 0.496 e. The minimum atomic E-state index is -0.542. The van der Waals surface area contributed by atoms with Crippen molar-refractivity contribution in [2.45, 2.75) is 18.9 Å². The molecule has 0 unspecified atom stereocenters. The molecule has 9 nitrogen and oxygen atoms in total. The Morgan fingerprint density at radius 1 is 0.895 bits per heavy atom. The van der Waals surface area contributed by atoms with Gasteiger partial charge in [0.15, 0.2) is 0 Å². The Kier molecular flexibility index (Phi) is 9.05. The molecule has 2 amide bonds. The number of hydrogen-bond donors (Lipinski definition) is 3. The van der Waals surface area contributed by atoms with Gasteiger partial charge in [0.25, 0.3) is 0 Å². The number of nitrogens with two attached hydrogens (primary N) is 1. The average Bonchev–Trinajstić information content (AvgIpc) is 3.27. The van der Waals surface area contributed by atoms with Crippen LogP contribution in [-0.4, -0.2) is 52.5 Å². The Hall–Kier alpha value is -4.24. The summed E-state index contributed by atoms with van der Waals surface area (Å²) in [6.07, 6.45) is -0.352. The molecule has 1 aliphatic carbocycles. The van der Waals surface area contributed by atoms with Crippen LogP contribution in [0.25, 0.3) is 11.1 Å². The predicted octanol–water partition coefficient (Wildman–Crippen LogP) is 3.59. The number of fused-ring (bicyclic) bond motifs is 3. The zero-order valence-electron chi connectivity index (χ0n) is 21.6. The van der Waals surface area contributed by atoms with Gasteiger partial charge in [-0.2, -0.15) is 0 Å². The lowest BCUT2D eigenvalue weighted by Crippen LogP contribution is -2.29. The van der Waals surface area contributed by atoms with E-state index in [4.69, 9.17) is 24.7 Å². The van der Waals surface area contributed by atoms with Gasteiger partial charge in [-0.3, -0.25) is 4.79 Å². The Labute approximate surface area is 222 Å². The highest BCUT2D eigenvalue weighted by atomic mass is 16.5. The zero-order valence-corrected chi connectivity index (χ0v) is 21.6. The van der Waals surface area contributed by atoms with Crippen LogP contribution in [0.15, 0.2) is 60.7 Å². The molecule has 0 atom stereocenters. The van der Waals surface area contributed by atoms with E-state index in [1.807, 2.05) is 24.3 Å². The summed E-state index contributed by atoms with van der Waals surface area (Å²) in [6, 6.07) is 19.8. The molecular weight excluding hydrogens is 486 g/mol. The van der Waals surface area contributed by atoms with Crippen molar-refractivity contribution in [2.75, 3.05) is 40.5 Å². The van der Waals surface area contributed by atoms with E-state index in [2.05, 4.69) is 34.9 Å². The van der Waals surface area contributed by atoms with Gasteiger partial charge in [-0.1, -0.05) is 48.5 Å². The summed E-state index contributed by atoms with van der Waals surface area (Å²) in [5.41, 5.74) is 10.7. The second-order valence-corrected chi connectivity index (χ2v) is 8.72. The highest BCUT2D eigenvalue weighted by molar-refractivity contribution is 5.79. The van der Waals surface area contributed by atoms with Gasteiger partial charge in [0.1, 0.15) is 23.9 Å². The molecule has 4 N–H and O–H groups in total. The van der Waals surface area contributed by atoms with Gasteiger partial charge in [0.2, 0.25) is 5.91 Å². The first-order chi connectivity index (χ1) is 18.5. The van der Waals surface area contributed by atoms with Crippen LogP contribution >= 0.6 is 0 Å². The monoisotopic (exact) mass is 519 g/mol. The van der Waals surface area contributed by atoms with Gasteiger partial charge in [-0.05, 0) is 22.3 Å². The van der Waals surface area contributed by atoms with E-state index in [-0.39, 0.29) is 38.0 Å². The molecule has 0 radical (unpaired) electrons. The SMILES string of the molecule is COc1cc(OCCC(=O)NCCN)cc(OC)c1CNC(=O)OCC1c2ccccc2-c2ccccc21. The summed E-state index contributed by atoms with van der Waals surface area (Å²) < 4.78 is 22.4. The molecule has 200 valence electrons. The van der Waals surface area contributed by atoms with Crippen molar-refractivity contribution < 1.29 is 28.5 Å². The molecule has 3 aromatic carbocycles. The first kappa shape index (κ1) is 26.8. The second-order valence-electron chi connectivity index (χ2n) is 8.72. The van der Waals surface area contributed by atoms with Gasteiger partial charge in [0.05, 0.1) is 39.4 Å². The van der Waals surface area contributed by atoms with E-state index in [1.165, 1.54) is 25.3 Å². The highest BCUT2D eigenvalue weighted by Crippen LogP contribution is 2.44. The maximum Gasteiger partial charge on any atom is 0.407 e. The molecule has 0 saturated carbocycles.